The van der Waals surface area contributed by atoms with Crippen LogP contribution in [0.1, 0.15) is 73.6 Å². The summed E-state index contributed by atoms with van der Waals surface area (Å²) in [5, 5.41) is 3.07. The van der Waals surface area contributed by atoms with E-state index in [1.165, 1.54) is 46.1 Å². The van der Waals surface area contributed by atoms with Gasteiger partial charge in [-0.05, 0) is 52.8 Å². The van der Waals surface area contributed by atoms with Crippen molar-refractivity contribution in [3.05, 3.63) is 109 Å². The molecule has 0 aromatic heterocycles. The molecule has 2 aromatic rings. The molecule has 41 heavy (non-hydrogen) atoms. The Kier molecular flexibility index (Phi) is 16.7. The van der Waals surface area contributed by atoms with Crippen LogP contribution in [0.3, 0.4) is 0 Å². The Hall–Kier alpha value is -2.02. The molecule has 3 aliphatic rings. The third-order valence-corrected chi connectivity index (χ3v) is 6.95. The average Bonchev–Trinajstić information content (AvgIpc) is 3.57. The second-order valence-corrected chi connectivity index (χ2v) is 11.6. The van der Waals surface area contributed by atoms with E-state index in [9.17, 15) is 0 Å². The first kappa shape index (κ1) is 37.0. The SMILES string of the molecule is CC1=CC(C(C)(C)C)=CC1.COc1cc[c-](-c2ccccc2)c2cc3cc(Cl)ccc3c1-2.[CH2-]CCC.[CH2-]CCC.[Zr+3]. The molecule has 3 aliphatic carbocycles. The van der Waals surface area contributed by atoms with E-state index in [1.807, 2.05) is 24.3 Å². The van der Waals surface area contributed by atoms with E-state index < -0.39 is 0 Å². The predicted octanol–water partition coefficient (Wildman–Crippen LogP) is 12.5. The fourth-order valence-corrected chi connectivity index (χ4v) is 4.46. The third kappa shape index (κ3) is 11.0. The van der Waals surface area contributed by atoms with Crippen molar-refractivity contribution < 1.29 is 30.9 Å². The van der Waals surface area contributed by atoms with Gasteiger partial charge in [0.15, 0.2) is 0 Å². The fourth-order valence-electron chi connectivity index (χ4n) is 4.28. The molecule has 0 bridgehead atoms. The van der Waals surface area contributed by atoms with Gasteiger partial charge in [0.25, 0.3) is 0 Å². The molecule has 0 atom stereocenters. The topological polar surface area (TPSA) is 9.23 Å². The number of fused-ring (bicyclic) bond motifs is 3. The standard InChI is InChI=1S/C20H14ClO.C10H16.2C4H9.Zr/c1-22-19-10-9-16(13-5-3-2-4-6-13)18-12-14-11-15(21)7-8-17(14)20(18)19;1-8-5-6-9(7-8)10(2,3)4;2*1-3-4-2;/h2-12H,1H3;6-7H,5H2,1-4H3;2*1,3-4H2,2H3;/q-1;;2*-1;+3. The van der Waals surface area contributed by atoms with Crippen molar-refractivity contribution in [2.24, 2.45) is 5.41 Å². The molecule has 0 saturated heterocycles. The van der Waals surface area contributed by atoms with Gasteiger partial charge in [0.05, 0.1) is 12.9 Å². The van der Waals surface area contributed by atoms with Gasteiger partial charge >= 0.3 is 26.2 Å². The van der Waals surface area contributed by atoms with Crippen LogP contribution in [-0.4, -0.2) is 7.11 Å². The quantitative estimate of drug-likeness (QED) is 0.200. The number of benzene rings is 3. The summed E-state index contributed by atoms with van der Waals surface area (Å²) in [5.41, 5.74) is 8.09. The summed E-state index contributed by atoms with van der Waals surface area (Å²) >= 11 is 6.15. The maximum Gasteiger partial charge on any atom is 3.00 e. The van der Waals surface area contributed by atoms with Crippen LogP contribution in [0.5, 0.6) is 5.75 Å². The van der Waals surface area contributed by atoms with Crippen LogP contribution in [0.15, 0.2) is 90.0 Å². The second kappa shape index (κ2) is 18.5. The number of methoxy groups -OCH3 is 1. The van der Waals surface area contributed by atoms with Crippen molar-refractivity contribution in [1.82, 2.24) is 0 Å². The van der Waals surface area contributed by atoms with Gasteiger partial charge in [0.1, 0.15) is 0 Å². The fraction of sp³-hybridized carbons (Fsp3) is 0.342. The van der Waals surface area contributed by atoms with E-state index in [-0.39, 0.29) is 26.2 Å². The Balaban J connectivity index is 0.000000369. The minimum absolute atomic E-state index is 0. The number of rotatable bonds is 4. The first-order chi connectivity index (χ1) is 19.1. The van der Waals surface area contributed by atoms with Crippen LogP contribution in [-0.2, 0) is 26.2 Å². The van der Waals surface area contributed by atoms with Crippen molar-refractivity contribution in [3.8, 4) is 28.0 Å². The Morgan fingerprint density at radius 2 is 1.54 bits per heavy atom. The molecular formula is C38H48ClOZr. The Morgan fingerprint density at radius 3 is 2.00 bits per heavy atom. The molecule has 0 amide bonds. The predicted molar refractivity (Wildman–Crippen MR) is 180 cm³/mol. The number of hydrogen-bond acceptors (Lipinski definition) is 1. The van der Waals surface area contributed by atoms with E-state index in [0.29, 0.717) is 5.41 Å². The molecule has 0 fully saturated rings. The zero-order valence-electron chi connectivity index (χ0n) is 26.2. The van der Waals surface area contributed by atoms with Gasteiger partial charge in [-0.3, -0.25) is 0 Å². The summed E-state index contributed by atoms with van der Waals surface area (Å²) in [5.74, 6) is 0.895. The monoisotopic (exact) mass is 645 g/mol. The van der Waals surface area contributed by atoms with E-state index in [4.69, 9.17) is 16.3 Å². The molecule has 2 aromatic carbocycles. The van der Waals surface area contributed by atoms with Crippen molar-refractivity contribution in [1.29, 1.82) is 0 Å². The molecule has 5 rings (SSSR count). The largest absolute Gasteiger partial charge is 3.00 e. The number of unbranched alkanes of at least 4 members (excludes halogenated alkanes) is 2. The Labute approximate surface area is 274 Å². The smallest absolute Gasteiger partial charge is 0.509 e. The maximum atomic E-state index is 6.15. The molecule has 3 heteroatoms. The first-order valence-corrected chi connectivity index (χ1v) is 14.9. The van der Waals surface area contributed by atoms with Crippen LogP contribution in [0.4, 0.5) is 0 Å². The molecular weight excluding hydrogens is 599 g/mol. The van der Waals surface area contributed by atoms with Crippen molar-refractivity contribution in [2.45, 2.75) is 73.6 Å². The molecule has 0 unspecified atom stereocenters. The maximum absolute atomic E-state index is 6.15. The summed E-state index contributed by atoms with van der Waals surface area (Å²) in [6.07, 6.45) is 10.3. The zero-order chi connectivity index (χ0) is 29.7. The van der Waals surface area contributed by atoms with Crippen LogP contribution in [0, 0.1) is 19.3 Å². The minimum atomic E-state index is 0. The number of allylic oxidation sites excluding steroid dienone is 4. The van der Waals surface area contributed by atoms with E-state index in [1.54, 1.807) is 7.11 Å². The molecule has 1 radical (unpaired) electrons. The normalized spacial score (nSPS) is 12.0. The molecule has 1 nitrogen and oxygen atoms in total. The third-order valence-electron chi connectivity index (χ3n) is 6.71. The molecule has 0 spiro atoms. The van der Waals surface area contributed by atoms with Gasteiger partial charge in [-0.2, -0.15) is 12.8 Å². The second-order valence-electron chi connectivity index (χ2n) is 11.2. The Bertz CT molecular complexity index is 1330. The zero-order valence-corrected chi connectivity index (χ0v) is 29.5. The summed E-state index contributed by atoms with van der Waals surface area (Å²) in [6, 6.07) is 22.8. The molecule has 0 saturated carbocycles. The number of hydrogen-bond donors (Lipinski definition) is 0. The molecule has 0 heterocycles. The van der Waals surface area contributed by atoms with Crippen LogP contribution < -0.4 is 4.74 Å². The van der Waals surface area contributed by atoms with E-state index in [2.05, 4.69) is 110 Å². The molecule has 0 aliphatic heterocycles. The molecule has 217 valence electrons. The van der Waals surface area contributed by atoms with E-state index in [0.717, 1.165) is 41.0 Å². The summed E-state index contributed by atoms with van der Waals surface area (Å²) in [7, 11) is 1.71. The van der Waals surface area contributed by atoms with Gasteiger partial charge in [0.2, 0.25) is 0 Å². The minimum Gasteiger partial charge on any atom is -0.509 e. The number of ether oxygens (including phenoxy) is 1. The molecule has 0 N–H and O–H groups in total. The van der Waals surface area contributed by atoms with Gasteiger partial charge in [0, 0.05) is 5.02 Å². The van der Waals surface area contributed by atoms with Crippen molar-refractivity contribution in [2.75, 3.05) is 7.11 Å². The van der Waals surface area contributed by atoms with Crippen LogP contribution in [0.2, 0.25) is 5.02 Å². The van der Waals surface area contributed by atoms with Crippen LogP contribution >= 0.6 is 11.6 Å². The van der Waals surface area contributed by atoms with E-state index >= 15 is 0 Å². The summed E-state index contributed by atoms with van der Waals surface area (Å²) in [4.78, 5) is 0. The average molecular weight is 647 g/mol. The number of halogens is 1. The van der Waals surface area contributed by atoms with Gasteiger partial charge < -0.3 is 18.6 Å². The van der Waals surface area contributed by atoms with Gasteiger partial charge in [-0.1, -0.05) is 124 Å². The van der Waals surface area contributed by atoms with Crippen molar-refractivity contribution >= 4 is 22.4 Å². The Morgan fingerprint density at radius 1 is 0.927 bits per heavy atom. The van der Waals surface area contributed by atoms with Crippen molar-refractivity contribution in [3.63, 3.8) is 0 Å². The summed E-state index contributed by atoms with van der Waals surface area (Å²) < 4.78 is 5.58. The van der Waals surface area contributed by atoms with Gasteiger partial charge in [-0.25, -0.2) is 0 Å². The van der Waals surface area contributed by atoms with Gasteiger partial charge in [-0.15, -0.1) is 23.8 Å². The summed E-state index contributed by atoms with van der Waals surface area (Å²) in [6.45, 7) is 20.4. The van der Waals surface area contributed by atoms with Crippen LogP contribution in [0.25, 0.3) is 33.0 Å². The first-order valence-electron chi connectivity index (χ1n) is 14.5.